The van der Waals surface area contributed by atoms with E-state index >= 15 is 0 Å². The molecule has 0 unspecified atom stereocenters. The summed E-state index contributed by atoms with van der Waals surface area (Å²) >= 11 is 0. The first-order valence-corrected chi connectivity index (χ1v) is 7.81. The third-order valence-corrected chi connectivity index (χ3v) is 3.90. The fourth-order valence-corrected chi connectivity index (χ4v) is 2.67. The zero-order valence-corrected chi connectivity index (χ0v) is 14.0. The number of carbonyl (C=O) groups is 1. The van der Waals surface area contributed by atoms with Crippen molar-refractivity contribution >= 4 is 22.8 Å². The molecule has 0 saturated heterocycles. The van der Waals surface area contributed by atoms with Crippen LogP contribution in [0.3, 0.4) is 0 Å². The van der Waals surface area contributed by atoms with Gasteiger partial charge < -0.3 is 9.15 Å². The number of carbonyl (C=O) groups excluding carboxylic acids is 1. The van der Waals surface area contributed by atoms with E-state index in [0.29, 0.717) is 5.39 Å². The van der Waals surface area contributed by atoms with Crippen LogP contribution in [-0.4, -0.2) is 12.9 Å². The van der Waals surface area contributed by atoms with Crippen LogP contribution in [0.25, 0.3) is 17.0 Å². The smallest absolute Gasteiger partial charge is 0.416 e. The Hall–Kier alpha value is -3.35. The number of methoxy groups -OCH3 is 1. The number of alkyl halides is 3. The van der Waals surface area contributed by atoms with Gasteiger partial charge in [0.05, 0.1) is 12.7 Å². The molecular formula is C20H13F3O4. The SMILES string of the molecule is COc1ccc2ccc(=O)oc2c1C(=O)/C=C/c1ccccc1C(F)(F)F. The van der Waals surface area contributed by atoms with E-state index in [4.69, 9.17) is 9.15 Å². The summed E-state index contributed by atoms with van der Waals surface area (Å²) in [7, 11) is 1.33. The molecule has 0 amide bonds. The van der Waals surface area contributed by atoms with Gasteiger partial charge in [0.15, 0.2) is 11.4 Å². The van der Waals surface area contributed by atoms with Gasteiger partial charge in [-0.25, -0.2) is 4.79 Å². The number of allylic oxidation sites excluding steroid dienone is 1. The summed E-state index contributed by atoms with van der Waals surface area (Å²) in [5.74, 6) is -0.501. The molecule has 0 N–H and O–H groups in total. The van der Waals surface area contributed by atoms with Gasteiger partial charge in [0.2, 0.25) is 0 Å². The minimum atomic E-state index is -4.55. The monoisotopic (exact) mass is 374 g/mol. The van der Waals surface area contributed by atoms with Crippen LogP contribution in [0, 0.1) is 0 Å². The van der Waals surface area contributed by atoms with Gasteiger partial charge in [-0.15, -0.1) is 0 Å². The Morgan fingerprint density at radius 3 is 2.48 bits per heavy atom. The Bertz CT molecular complexity index is 1090. The van der Waals surface area contributed by atoms with E-state index < -0.39 is 23.1 Å². The van der Waals surface area contributed by atoms with Crippen LogP contribution < -0.4 is 10.4 Å². The summed E-state index contributed by atoms with van der Waals surface area (Å²) in [5, 5.41) is 0.489. The van der Waals surface area contributed by atoms with Crippen LogP contribution in [0.4, 0.5) is 13.2 Å². The maximum atomic E-state index is 13.1. The van der Waals surface area contributed by atoms with Crippen LogP contribution >= 0.6 is 0 Å². The summed E-state index contributed by atoms with van der Waals surface area (Å²) in [6.45, 7) is 0. The lowest BCUT2D eigenvalue weighted by atomic mass is 10.0. The zero-order valence-electron chi connectivity index (χ0n) is 14.0. The fraction of sp³-hybridized carbons (Fsp3) is 0.100. The molecule has 138 valence electrons. The van der Waals surface area contributed by atoms with Crippen molar-refractivity contribution in [2.45, 2.75) is 6.18 Å². The second-order valence-electron chi connectivity index (χ2n) is 5.60. The van der Waals surface area contributed by atoms with Gasteiger partial charge in [0, 0.05) is 11.5 Å². The molecule has 1 aromatic heterocycles. The summed E-state index contributed by atoms with van der Waals surface area (Å²) < 4.78 is 49.5. The molecule has 0 spiro atoms. The van der Waals surface area contributed by atoms with E-state index in [1.54, 1.807) is 6.07 Å². The average Bonchev–Trinajstić information content (AvgIpc) is 2.64. The van der Waals surface area contributed by atoms with Crippen LogP contribution in [0.5, 0.6) is 5.75 Å². The molecule has 1 heterocycles. The van der Waals surface area contributed by atoms with Crippen molar-refractivity contribution < 1.29 is 27.1 Å². The summed E-state index contributed by atoms with van der Waals surface area (Å²) in [6, 6.07) is 10.7. The summed E-state index contributed by atoms with van der Waals surface area (Å²) in [6.07, 6.45) is -2.48. The van der Waals surface area contributed by atoms with Gasteiger partial charge in [-0.05, 0) is 35.9 Å². The van der Waals surface area contributed by atoms with E-state index in [-0.39, 0.29) is 22.5 Å². The highest BCUT2D eigenvalue weighted by atomic mass is 19.4. The molecule has 2 aromatic carbocycles. The largest absolute Gasteiger partial charge is 0.496 e. The molecule has 7 heteroatoms. The number of ketones is 1. The highest BCUT2D eigenvalue weighted by Gasteiger charge is 2.32. The number of fused-ring (bicyclic) bond motifs is 1. The summed E-state index contributed by atoms with van der Waals surface area (Å²) in [4.78, 5) is 24.2. The topological polar surface area (TPSA) is 56.5 Å². The lowest BCUT2D eigenvalue weighted by molar-refractivity contribution is -0.137. The molecule has 0 bridgehead atoms. The standard InChI is InChI=1S/C20H13F3O4/c1-26-16-10-7-13-8-11-17(25)27-19(13)18(16)15(24)9-6-12-4-2-3-5-14(12)20(21,22)23/h2-11H,1H3/b9-6+. The molecule has 0 aliphatic heterocycles. The van der Waals surface area contributed by atoms with E-state index in [1.165, 1.54) is 43.5 Å². The molecular weight excluding hydrogens is 361 g/mol. The molecule has 3 aromatic rings. The van der Waals surface area contributed by atoms with Gasteiger partial charge in [0.1, 0.15) is 11.3 Å². The number of hydrogen-bond donors (Lipinski definition) is 0. The lowest BCUT2D eigenvalue weighted by Crippen LogP contribution is -2.07. The van der Waals surface area contributed by atoms with Crippen LogP contribution in [0.15, 0.2) is 63.8 Å². The first kappa shape index (κ1) is 18.4. The van der Waals surface area contributed by atoms with Crippen molar-refractivity contribution in [1.29, 1.82) is 0 Å². The van der Waals surface area contributed by atoms with Crippen molar-refractivity contribution in [3.8, 4) is 5.75 Å². The van der Waals surface area contributed by atoms with Gasteiger partial charge in [-0.3, -0.25) is 4.79 Å². The third kappa shape index (κ3) is 3.76. The first-order chi connectivity index (χ1) is 12.8. The summed E-state index contributed by atoms with van der Waals surface area (Å²) in [5.41, 5.74) is -1.69. The first-order valence-electron chi connectivity index (χ1n) is 7.81. The number of rotatable bonds is 4. The molecule has 3 rings (SSSR count). The number of ether oxygens (including phenoxy) is 1. The minimum absolute atomic E-state index is 0.0145. The molecule has 4 nitrogen and oxygen atoms in total. The molecule has 0 radical (unpaired) electrons. The Labute approximate surface area is 151 Å². The van der Waals surface area contributed by atoms with Gasteiger partial charge in [0.25, 0.3) is 0 Å². The molecule has 0 saturated carbocycles. The molecule has 0 atom stereocenters. The van der Waals surface area contributed by atoms with Crippen molar-refractivity contribution in [3.05, 3.63) is 81.7 Å². The minimum Gasteiger partial charge on any atom is -0.496 e. The Kier molecular flexibility index (Phi) is 4.85. The van der Waals surface area contributed by atoms with E-state index in [1.807, 2.05) is 0 Å². The van der Waals surface area contributed by atoms with Crippen LogP contribution in [0.1, 0.15) is 21.5 Å². The molecule has 0 aliphatic carbocycles. The Morgan fingerprint density at radius 2 is 1.78 bits per heavy atom. The highest BCUT2D eigenvalue weighted by Crippen LogP contribution is 2.33. The normalized spacial score (nSPS) is 11.9. The van der Waals surface area contributed by atoms with E-state index in [0.717, 1.165) is 18.2 Å². The maximum absolute atomic E-state index is 13.1. The maximum Gasteiger partial charge on any atom is 0.416 e. The van der Waals surface area contributed by atoms with Crippen LogP contribution in [-0.2, 0) is 6.18 Å². The third-order valence-electron chi connectivity index (χ3n) is 3.90. The van der Waals surface area contributed by atoms with E-state index in [9.17, 15) is 22.8 Å². The quantitative estimate of drug-likeness (QED) is 0.377. The van der Waals surface area contributed by atoms with Gasteiger partial charge in [-0.2, -0.15) is 13.2 Å². The zero-order chi connectivity index (χ0) is 19.6. The predicted octanol–water partition coefficient (Wildman–Crippen LogP) is 4.72. The fourth-order valence-electron chi connectivity index (χ4n) is 2.67. The van der Waals surface area contributed by atoms with Gasteiger partial charge >= 0.3 is 11.8 Å². The highest BCUT2D eigenvalue weighted by molar-refractivity contribution is 6.15. The predicted molar refractivity (Wildman–Crippen MR) is 93.8 cm³/mol. The Morgan fingerprint density at radius 1 is 1.07 bits per heavy atom. The lowest BCUT2D eigenvalue weighted by Gasteiger charge is -2.10. The second kappa shape index (κ2) is 7.11. The van der Waals surface area contributed by atoms with Crippen molar-refractivity contribution in [2.75, 3.05) is 7.11 Å². The van der Waals surface area contributed by atoms with Gasteiger partial charge in [-0.1, -0.05) is 24.3 Å². The van der Waals surface area contributed by atoms with Crippen molar-refractivity contribution in [2.24, 2.45) is 0 Å². The average molecular weight is 374 g/mol. The van der Waals surface area contributed by atoms with E-state index in [2.05, 4.69) is 0 Å². The van der Waals surface area contributed by atoms with Crippen LogP contribution in [0.2, 0.25) is 0 Å². The molecule has 27 heavy (non-hydrogen) atoms. The molecule has 0 fully saturated rings. The number of benzene rings is 2. The second-order valence-corrected chi connectivity index (χ2v) is 5.60. The molecule has 0 aliphatic rings. The number of halogens is 3. The van der Waals surface area contributed by atoms with Crippen molar-refractivity contribution in [1.82, 2.24) is 0 Å². The van der Waals surface area contributed by atoms with Crippen molar-refractivity contribution in [3.63, 3.8) is 0 Å². The Balaban J connectivity index is 2.09. The number of hydrogen-bond acceptors (Lipinski definition) is 4.